The minimum absolute atomic E-state index is 0.119. The number of nitrogens with zero attached hydrogens (tertiary/aromatic N) is 1. The summed E-state index contributed by atoms with van der Waals surface area (Å²) < 4.78 is 29.6. The molecule has 0 unspecified atom stereocenters. The van der Waals surface area contributed by atoms with E-state index >= 15 is 0 Å². The van der Waals surface area contributed by atoms with E-state index in [0.717, 1.165) is 6.07 Å². The van der Waals surface area contributed by atoms with Gasteiger partial charge in [0.25, 0.3) is 6.43 Å². The highest BCUT2D eigenvalue weighted by molar-refractivity contribution is 9.10. The molecule has 6 heteroatoms. The van der Waals surface area contributed by atoms with Gasteiger partial charge in [0, 0.05) is 0 Å². The average Bonchev–Trinajstić information content (AvgIpc) is 2.08. The lowest BCUT2D eigenvalue weighted by Crippen LogP contribution is -1.96. The highest BCUT2D eigenvalue weighted by atomic mass is 79.9. The van der Waals surface area contributed by atoms with Crippen LogP contribution >= 0.6 is 27.5 Å². The van der Waals surface area contributed by atoms with Crippen LogP contribution in [0.15, 0.2) is 10.7 Å². The number of alkyl halides is 2. The number of hydrogen-bond acceptors (Lipinski definition) is 2. The van der Waals surface area contributed by atoms with E-state index in [1.807, 2.05) is 0 Å². The third kappa shape index (κ3) is 2.28. The topological polar surface area (TPSA) is 22.1 Å². The van der Waals surface area contributed by atoms with Gasteiger partial charge >= 0.3 is 0 Å². The molecule has 0 saturated heterocycles. The predicted molar refractivity (Wildman–Crippen MR) is 48.5 cm³/mol. The summed E-state index contributed by atoms with van der Waals surface area (Å²) in [7, 11) is 1.27. The second kappa shape index (κ2) is 4.19. The van der Waals surface area contributed by atoms with E-state index < -0.39 is 6.43 Å². The van der Waals surface area contributed by atoms with Crippen LogP contribution in [0.4, 0.5) is 8.78 Å². The first kappa shape index (κ1) is 10.7. The zero-order chi connectivity index (χ0) is 10.0. The molecular formula is C7H5BrClF2NO. The standard InChI is InChI=1S/C7H5BrClF2NO/c1-13-7-3(6(10)11)2-4(9)5(8)12-7/h2,6H,1H3. The van der Waals surface area contributed by atoms with E-state index in [2.05, 4.69) is 25.7 Å². The first-order valence-electron chi connectivity index (χ1n) is 3.24. The maximum absolute atomic E-state index is 12.3. The Morgan fingerprint density at radius 2 is 2.23 bits per heavy atom. The lowest BCUT2D eigenvalue weighted by Gasteiger charge is -2.07. The van der Waals surface area contributed by atoms with Crippen molar-refractivity contribution in [3.63, 3.8) is 0 Å². The molecule has 1 aromatic rings. The summed E-state index contributed by atoms with van der Waals surface area (Å²) in [6.45, 7) is 0. The molecule has 13 heavy (non-hydrogen) atoms. The molecular weight excluding hydrogens is 267 g/mol. The van der Waals surface area contributed by atoms with Crippen molar-refractivity contribution in [1.82, 2.24) is 4.98 Å². The van der Waals surface area contributed by atoms with Crippen molar-refractivity contribution in [3.8, 4) is 5.88 Å². The molecule has 0 aliphatic rings. The summed E-state index contributed by atoms with van der Waals surface area (Å²) in [6.07, 6.45) is -2.65. The zero-order valence-electron chi connectivity index (χ0n) is 6.52. The molecule has 72 valence electrons. The molecule has 0 amide bonds. The maximum atomic E-state index is 12.3. The van der Waals surface area contributed by atoms with Gasteiger partial charge in [-0.1, -0.05) is 11.6 Å². The summed E-state index contributed by atoms with van der Waals surface area (Å²) in [6, 6.07) is 1.13. The lowest BCUT2D eigenvalue weighted by atomic mass is 10.3. The van der Waals surface area contributed by atoms with E-state index in [0.29, 0.717) is 0 Å². The molecule has 0 aromatic carbocycles. The predicted octanol–water partition coefficient (Wildman–Crippen LogP) is 3.44. The van der Waals surface area contributed by atoms with Crippen LogP contribution in [-0.2, 0) is 0 Å². The second-order valence-electron chi connectivity index (χ2n) is 2.16. The minimum atomic E-state index is -2.65. The van der Waals surface area contributed by atoms with Gasteiger partial charge in [-0.05, 0) is 22.0 Å². The van der Waals surface area contributed by atoms with Crippen LogP contribution in [0.5, 0.6) is 5.88 Å². The number of halogens is 4. The molecule has 0 saturated carbocycles. The van der Waals surface area contributed by atoms with Gasteiger partial charge in [0.05, 0.1) is 17.7 Å². The van der Waals surface area contributed by atoms with Gasteiger partial charge in [-0.25, -0.2) is 13.8 Å². The second-order valence-corrected chi connectivity index (χ2v) is 3.32. The summed E-state index contributed by atoms with van der Waals surface area (Å²) in [5, 5.41) is 0.135. The Hall–Kier alpha value is -0.420. The van der Waals surface area contributed by atoms with Gasteiger partial charge in [-0.2, -0.15) is 0 Å². The van der Waals surface area contributed by atoms with Gasteiger partial charge in [-0.15, -0.1) is 0 Å². The van der Waals surface area contributed by atoms with Gasteiger partial charge in [0.15, 0.2) is 0 Å². The van der Waals surface area contributed by atoms with Crippen molar-refractivity contribution in [2.24, 2.45) is 0 Å². The molecule has 0 atom stereocenters. The number of methoxy groups -OCH3 is 1. The summed E-state index contributed by atoms with van der Waals surface area (Å²) >= 11 is 8.59. The maximum Gasteiger partial charge on any atom is 0.269 e. The Bertz CT molecular complexity index is 322. The fourth-order valence-electron chi connectivity index (χ4n) is 0.785. The van der Waals surface area contributed by atoms with Crippen molar-refractivity contribution in [3.05, 3.63) is 21.3 Å². The molecule has 0 spiro atoms. The third-order valence-corrected chi connectivity index (χ3v) is 2.48. The first-order chi connectivity index (χ1) is 6.06. The van der Waals surface area contributed by atoms with Crippen molar-refractivity contribution in [2.45, 2.75) is 6.43 Å². The molecule has 1 heterocycles. The summed E-state index contributed by atoms with van der Waals surface area (Å²) in [5.74, 6) is -0.119. The van der Waals surface area contributed by atoms with Crippen LogP contribution in [0.2, 0.25) is 5.02 Å². The third-order valence-electron chi connectivity index (χ3n) is 1.35. The number of pyridine rings is 1. The molecule has 1 aromatic heterocycles. The Morgan fingerprint density at radius 3 is 2.69 bits per heavy atom. The average molecular weight is 272 g/mol. The van der Waals surface area contributed by atoms with Crippen molar-refractivity contribution in [2.75, 3.05) is 7.11 Å². The van der Waals surface area contributed by atoms with Crippen LogP contribution in [0.25, 0.3) is 0 Å². The Labute approximate surface area is 87.0 Å². The van der Waals surface area contributed by atoms with E-state index in [1.54, 1.807) is 0 Å². The highest BCUT2D eigenvalue weighted by Crippen LogP contribution is 2.32. The van der Waals surface area contributed by atoms with Crippen LogP contribution < -0.4 is 4.74 Å². The monoisotopic (exact) mass is 271 g/mol. The summed E-state index contributed by atoms with van der Waals surface area (Å²) in [4.78, 5) is 3.69. The first-order valence-corrected chi connectivity index (χ1v) is 4.41. The normalized spacial score (nSPS) is 10.6. The Balaban J connectivity index is 3.25. The Morgan fingerprint density at radius 1 is 1.62 bits per heavy atom. The fourth-order valence-corrected chi connectivity index (χ4v) is 1.22. The minimum Gasteiger partial charge on any atom is -0.481 e. The van der Waals surface area contributed by atoms with E-state index in [-0.39, 0.29) is 21.1 Å². The highest BCUT2D eigenvalue weighted by Gasteiger charge is 2.17. The van der Waals surface area contributed by atoms with Crippen molar-refractivity contribution in [1.29, 1.82) is 0 Å². The van der Waals surface area contributed by atoms with E-state index in [1.165, 1.54) is 7.11 Å². The molecule has 1 rings (SSSR count). The lowest BCUT2D eigenvalue weighted by molar-refractivity contribution is 0.146. The van der Waals surface area contributed by atoms with Crippen molar-refractivity contribution < 1.29 is 13.5 Å². The van der Waals surface area contributed by atoms with E-state index in [4.69, 9.17) is 11.6 Å². The van der Waals surface area contributed by atoms with Gasteiger partial charge in [0.2, 0.25) is 5.88 Å². The molecule has 0 bridgehead atoms. The smallest absolute Gasteiger partial charge is 0.269 e. The largest absolute Gasteiger partial charge is 0.481 e. The van der Waals surface area contributed by atoms with Gasteiger partial charge < -0.3 is 4.74 Å². The number of rotatable bonds is 2. The number of hydrogen-bond donors (Lipinski definition) is 0. The number of ether oxygens (including phenoxy) is 1. The van der Waals surface area contributed by atoms with E-state index in [9.17, 15) is 8.78 Å². The summed E-state index contributed by atoms with van der Waals surface area (Å²) in [5.41, 5.74) is -0.310. The Kier molecular flexibility index (Phi) is 3.44. The van der Waals surface area contributed by atoms with Gasteiger partial charge in [0.1, 0.15) is 4.60 Å². The van der Waals surface area contributed by atoms with Gasteiger partial charge in [-0.3, -0.25) is 0 Å². The molecule has 2 nitrogen and oxygen atoms in total. The molecule has 0 fully saturated rings. The van der Waals surface area contributed by atoms with Crippen LogP contribution in [0.1, 0.15) is 12.0 Å². The molecule has 0 aliphatic carbocycles. The fraction of sp³-hybridized carbons (Fsp3) is 0.286. The molecule has 0 aliphatic heterocycles. The quantitative estimate of drug-likeness (QED) is 0.769. The number of aromatic nitrogens is 1. The van der Waals surface area contributed by atoms with Crippen molar-refractivity contribution >= 4 is 27.5 Å². The zero-order valence-corrected chi connectivity index (χ0v) is 8.86. The SMILES string of the molecule is COc1nc(Br)c(Cl)cc1C(F)F. The van der Waals surface area contributed by atoms with Crippen LogP contribution in [0, 0.1) is 0 Å². The van der Waals surface area contributed by atoms with Crippen LogP contribution in [-0.4, -0.2) is 12.1 Å². The molecule has 0 radical (unpaired) electrons. The van der Waals surface area contributed by atoms with Crippen LogP contribution in [0.3, 0.4) is 0 Å². The molecule has 0 N–H and O–H groups in total.